The average Bonchev–Trinajstić information content (AvgIpc) is 2.78. The van der Waals surface area contributed by atoms with Crippen molar-refractivity contribution in [3.63, 3.8) is 0 Å². The Balaban J connectivity index is 1.50. The number of ether oxygens (including phenoxy) is 3. The minimum absolute atomic E-state index is 0.0350. The fraction of sp³-hybridized carbons (Fsp3) is 0.500. The van der Waals surface area contributed by atoms with Gasteiger partial charge in [0.2, 0.25) is 5.88 Å². The molecule has 13 heteroatoms. The molecule has 2 aliphatic heterocycles. The van der Waals surface area contributed by atoms with E-state index in [9.17, 15) is 31.1 Å². The number of nitrogens with zero attached hydrogens (tertiary/aromatic N) is 2. The maximum atomic E-state index is 13.3. The molecule has 1 aromatic carbocycles. The Labute approximate surface area is 208 Å². The molecule has 2 aromatic rings. The molecule has 1 aromatic heterocycles. The second-order valence-corrected chi connectivity index (χ2v) is 9.05. The molecule has 3 heterocycles. The topological polar surface area (TPSA) is 70.1 Å². The summed E-state index contributed by atoms with van der Waals surface area (Å²) in [5.74, 6) is -1.02. The number of esters is 1. The molecule has 2 fully saturated rings. The lowest BCUT2D eigenvalue weighted by atomic mass is 9.94. The van der Waals surface area contributed by atoms with Crippen molar-refractivity contribution in [2.24, 2.45) is 0 Å². The number of hydrogen-bond acceptors (Lipinski definition) is 7. The zero-order valence-electron chi connectivity index (χ0n) is 19.8. The average molecular weight is 534 g/mol. The minimum atomic E-state index is -4.67. The van der Waals surface area contributed by atoms with Crippen LogP contribution in [0.25, 0.3) is 0 Å². The molecular weight excluding hydrogens is 510 g/mol. The third-order valence-electron chi connectivity index (χ3n) is 5.83. The molecule has 3 atom stereocenters. The van der Waals surface area contributed by atoms with Crippen LogP contribution in [0, 0.1) is 0 Å². The number of carbonyl (C=O) groups is 1. The molecule has 0 saturated carbocycles. The number of fused-ring (bicyclic) bond motifs is 2. The van der Waals surface area contributed by atoms with Crippen molar-refractivity contribution in [1.29, 1.82) is 0 Å². The second kappa shape index (κ2) is 10.4. The number of piperidine rings is 1. The summed E-state index contributed by atoms with van der Waals surface area (Å²) in [6.45, 7) is 3.57. The smallest absolute Gasteiger partial charge is 0.417 e. The van der Waals surface area contributed by atoms with Gasteiger partial charge in [0.15, 0.2) is 5.75 Å². The zero-order valence-corrected chi connectivity index (χ0v) is 19.8. The molecule has 0 N–H and O–H groups in total. The number of hydroxylamine groups is 2. The molecule has 2 bridgehead atoms. The van der Waals surface area contributed by atoms with Crippen molar-refractivity contribution < 1.29 is 50.2 Å². The highest BCUT2D eigenvalue weighted by atomic mass is 19.4. The lowest BCUT2D eigenvalue weighted by Gasteiger charge is -2.46. The molecule has 2 aliphatic rings. The van der Waals surface area contributed by atoms with E-state index in [2.05, 4.69) is 4.98 Å². The number of halogens is 6. The van der Waals surface area contributed by atoms with Gasteiger partial charge in [-0.2, -0.15) is 26.3 Å². The quantitative estimate of drug-likeness (QED) is 0.369. The standard InChI is InChI=1S/C24H24F6N2O5/c1-13(2)35-22(33)19-7-14(23(25,26)27)3-5-20(19)37-32-16-8-18(9-17(32)12-34-11-16)36-21-6-4-15(10-31-21)24(28,29)30/h3-7,10,13,16-18H,8-9,11-12H2,1-2H3/t16-,17+,18?. The number of aromatic nitrogens is 1. The van der Waals surface area contributed by atoms with E-state index in [0.29, 0.717) is 25.1 Å². The van der Waals surface area contributed by atoms with Gasteiger partial charge >= 0.3 is 18.3 Å². The lowest BCUT2D eigenvalue weighted by molar-refractivity contribution is -0.222. The molecule has 1 unspecified atom stereocenters. The number of alkyl halides is 6. The normalized spacial score (nSPS) is 22.6. The molecule has 0 spiro atoms. The van der Waals surface area contributed by atoms with E-state index in [4.69, 9.17) is 19.0 Å². The van der Waals surface area contributed by atoms with E-state index in [1.807, 2.05) is 0 Å². The molecule has 7 nitrogen and oxygen atoms in total. The first-order valence-corrected chi connectivity index (χ1v) is 11.5. The van der Waals surface area contributed by atoms with Crippen LogP contribution < -0.4 is 9.57 Å². The highest BCUT2D eigenvalue weighted by Gasteiger charge is 2.43. The van der Waals surface area contributed by atoms with Gasteiger partial charge in [-0.25, -0.2) is 9.78 Å². The Kier molecular flexibility index (Phi) is 7.56. The molecule has 37 heavy (non-hydrogen) atoms. The zero-order chi connectivity index (χ0) is 27.0. The van der Waals surface area contributed by atoms with Crippen LogP contribution in [0.4, 0.5) is 26.3 Å². The minimum Gasteiger partial charge on any atom is -0.474 e. The Bertz CT molecular complexity index is 1090. The fourth-order valence-electron chi connectivity index (χ4n) is 4.20. The number of benzene rings is 1. The maximum Gasteiger partial charge on any atom is 0.417 e. The molecule has 0 radical (unpaired) electrons. The van der Waals surface area contributed by atoms with Crippen molar-refractivity contribution >= 4 is 5.97 Å². The van der Waals surface area contributed by atoms with Gasteiger partial charge in [-0.1, -0.05) is 0 Å². The van der Waals surface area contributed by atoms with Crippen LogP contribution in [0.1, 0.15) is 48.2 Å². The van der Waals surface area contributed by atoms with Crippen molar-refractivity contribution in [2.75, 3.05) is 13.2 Å². The van der Waals surface area contributed by atoms with Crippen molar-refractivity contribution in [3.8, 4) is 11.6 Å². The van der Waals surface area contributed by atoms with E-state index in [1.165, 1.54) is 0 Å². The van der Waals surface area contributed by atoms with E-state index < -0.39 is 53.7 Å². The van der Waals surface area contributed by atoms with Gasteiger partial charge in [0, 0.05) is 25.1 Å². The summed E-state index contributed by atoms with van der Waals surface area (Å²) in [7, 11) is 0. The largest absolute Gasteiger partial charge is 0.474 e. The molecule has 202 valence electrons. The Morgan fingerprint density at radius 1 is 1.00 bits per heavy atom. The van der Waals surface area contributed by atoms with Crippen molar-refractivity contribution in [2.45, 2.75) is 63.3 Å². The third-order valence-corrected chi connectivity index (χ3v) is 5.83. The Morgan fingerprint density at radius 3 is 2.16 bits per heavy atom. The van der Waals surface area contributed by atoms with Gasteiger partial charge in [-0.3, -0.25) is 0 Å². The lowest BCUT2D eigenvalue weighted by Crippen LogP contribution is -2.60. The predicted molar refractivity (Wildman–Crippen MR) is 116 cm³/mol. The van der Waals surface area contributed by atoms with E-state index in [1.54, 1.807) is 18.9 Å². The van der Waals surface area contributed by atoms with Crippen LogP contribution in [0.3, 0.4) is 0 Å². The molecule has 4 rings (SSSR count). The van der Waals surface area contributed by atoms with Gasteiger partial charge in [-0.15, -0.1) is 5.06 Å². The summed E-state index contributed by atoms with van der Waals surface area (Å²) in [5.41, 5.74) is -2.28. The maximum absolute atomic E-state index is 13.3. The number of hydrogen-bond donors (Lipinski definition) is 0. The Morgan fingerprint density at radius 2 is 1.62 bits per heavy atom. The van der Waals surface area contributed by atoms with Gasteiger partial charge in [-0.05, 0) is 38.1 Å². The summed E-state index contributed by atoms with van der Waals surface area (Å²) < 4.78 is 94.7. The van der Waals surface area contributed by atoms with E-state index in [-0.39, 0.29) is 30.4 Å². The summed E-state index contributed by atoms with van der Waals surface area (Å²) >= 11 is 0. The highest BCUT2D eigenvalue weighted by molar-refractivity contribution is 5.92. The summed E-state index contributed by atoms with van der Waals surface area (Å²) in [5, 5.41) is 1.57. The van der Waals surface area contributed by atoms with E-state index in [0.717, 1.165) is 24.3 Å². The second-order valence-electron chi connectivity index (χ2n) is 9.05. The number of morpholine rings is 1. The van der Waals surface area contributed by atoms with Crippen molar-refractivity contribution in [3.05, 3.63) is 53.2 Å². The first-order valence-electron chi connectivity index (χ1n) is 11.5. The first kappa shape index (κ1) is 27.0. The predicted octanol–water partition coefficient (Wildman–Crippen LogP) is 5.29. The highest BCUT2D eigenvalue weighted by Crippen LogP contribution is 2.36. The molecule has 0 aliphatic carbocycles. The van der Waals surface area contributed by atoms with Crippen LogP contribution in [-0.4, -0.2) is 53.5 Å². The van der Waals surface area contributed by atoms with Crippen LogP contribution in [0.15, 0.2) is 36.5 Å². The fourth-order valence-corrected chi connectivity index (χ4v) is 4.20. The third kappa shape index (κ3) is 6.45. The monoisotopic (exact) mass is 534 g/mol. The van der Waals surface area contributed by atoms with Crippen LogP contribution in [0.2, 0.25) is 0 Å². The molecule has 0 amide bonds. The molecular formula is C24H24F6N2O5. The van der Waals surface area contributed by atoms with Gasteiger partial charge < -0.3 is 19.0 Å². The number of carbonyl (C=O) groups excluding carboxylic acids is 1. The van der Waals surface area contributed by atoms with Gasteiger partial charge in [0.25, 0.3) is 0 Å². The van der Waals surface area contributed by atoms with Gasteiger partial charge in [0.1, 0.15) is 11.7 Å². The number of pyridine rings is 1. The summed E-state index contributed by atoms with van der Waals surface area (Å²) in [6, 6.07) is 3.81. The van der Waals surface area contributed by atoms with Crippen LogP contribution in [0.5, 0.6) is 11.6 Å². The SMILES string of the molecule is CC(C)OC(=O)c1cc(C(F)(F)F)ccc1ON1[C@@H]2COC[C@H]1CC(Oc1ccc(C(F)(F)F)cn1)C2. The van der Waals surface area contributed by atoms with Crippen molar-refractivity contribution in [1.82, 2.24) is 10.0 Å². The number of rotatable bonds is 6. The molecule has 2 saturated heterocycles. The van der Waals surface area contributed by atoms with Gasteiger partial charge in [0.05, 0.1) is 42.5 Å². The summed E-state index contributed by atoms with van der Waals surface area (Å²) in [4.78, 5) is 22.3. The van der Waals surface area contributed by atoms with Crippen LogP contribution >= 0.6 is 0 Å². The first-order chi connectivity index (χ1) is 17.3. The Hall–Kier alpha value is -3.06. The van der Waals surface area contributed by atoms with Crippen LogP contribution in [-0.2, 0) is 21.8 Å². The van der Waals surface area contributed by atoms with E-state index >= 15 is 0 Å². The summed E-state index contributed by atoms with van der Waals surface area (Å²) in [6.07, 6.45) is -8.79.